The van der Waals surface area contributed by atoms with Gasteiger partial charge in [0, 0.05) is 25.9 Å². The fraction of sp³-hybridized carbons (Fsp3) is 0.529. The topological polar surface area (TPSA) is 127 Å². The van der Waals surface area contributed by atoms with Crippen molar-refractivity contribution in [3.63, 3.8) is 0 Å². The van der Waals surface area contributed by atoms with Crippen LogP contribution < -0.4 is 5.11 Å². The summed E-state index contributed by atoms with van der Waals surface area (Å²) < 4.78 is 5.39. The van der Waals surface area contributed by atoms with Gasteiger partial charge in [0.15, 0.2) is 17.6 Å². The highest BCUT2D eigenvalue weighted by Crippen LogP contribution is 2.24. The van der Waals surface area contributed by atoms with Gasteiger partial charge in [-0.2, -0.15) is 0 Å². The number of carboxylic acids is 1. The summed E-state index contributed by atoms with van der Waals surface area (Å²) in [5.41, 5.74) is 0.808. The third kappa shape index (κ3) is 11.8. The first kappa shape index (κ1) is 22.7. The van der Waals surface area contributed by atoms with E-state index in [0.717, 1.165) is 5.56 Å². The van der Waals surface area contributed by atoms with Crippen LogP contribution in [0.15, 0.2) is 18.2 Å². The second kappa shape index (κ2) is 10.5. The van der Waals surface area contributed by atoms with Crippen molar-refractivity contribution in [2.45, 2.75) is 25.9 Å². The number of rotatable bonds is 7. The van der Waals surface area contributed by atoms with Gasteiger partial charge in [0.05, 0.1) is 21.1 Å². The summed E-state index contributed by atoms with van der Waals surface area (Å²) in [6.07, 6.45) is -0.374. The average Bonchev–Trinajstić information content (AvgIpc) is 2.40. The SMILES string of the molecule is CC(=O)O[C@H](CC(=O)[O-])C[N+](C)(C)C.OCCc1ccc(O)c(O)c1. The van der Waals surface area contributed by atoms with E-state index in [1.165, 1.54) is 19.1 Å². The number of aliphatic hydroxyl groups is 1. The van der Waals surface area contributed by atoms with Crippen molar-refractivity contribution in [1.29, 1.82) is 0 Å². The Morgan fingerprint density at radius 3 is 2.20 bits per heavy atom. The van der Waals surface area contributed by atoms with E-state index in [-0.39, 0.29) is 24.5 Å². The highest BCUT2D eigenvalue weighted by atomic mass is 16.5. The van der Waals surface area contributed by atoms with Gasteiger partial charge in [0.2, 0.25) is 0 Å². The molecule has 0 aromatic heterocycles. The van der Waals surface area contributed by atoms with Gasteiger partial charge in [-0.1, -0.05) is 6.07 Å². The Morgan fingerprint density at radius 1 is 1.20 bits per heavy atom. The molecule has 0 aliphatic heterocycles. The molecule has 0 saturated heterocycles. The molecule has 0 saturated carbocycles. The maximum absolute atomic E-state index is 10.7. The minimum atomic E-state index is -1.20. The van der Waals surface area contributed by atoms with Gasteiger partial charge < -0.3 is 34.4 Å². The Labute approximate surface area is 147 Å². The molecule has 1 atom stereocenters. The zero-order valence-electron chi connectivity index (χ0n) is 15.1. The van der Waals surface area contributed by atoms with Crippen molar-refractivity contribution >= 4 is 11.9 Å². The van der Waals surface area contributed by atoms with Crippen LogP contribution in [0.3, 0.4) is 0 Å². The molecular weight excluding hydrogens is 330 g/mol. The van der Waals surface area contributed by atoms with Crippen LogP contribution in [-0.4, -0.2) is 72.1 Å². The first-order chi connectivity index (χ1) is 11.4. The average molecular weight is 357 g/mol. The maximum Gasteiger partial charge on any atom is 0.303 e. The number of benzene rings is 1. The molecule has 142 valence electrons. The van der Waals surface area contributed by atoms with E-state index < -0.39 is 18.0 Å². The quantitative estimate of drug-likeness (QED) is 0.338. The van der Waals surface area contributed by atoms with Crippen molar-refractivity contribution in [1.82, 2.24) is 0 Å². The number of phenolic OH excluding ortho intramolecular Hbond substituents is 2. The predicted octanol–water partition coefficient (Wildman–Crippen LogP) is -0.603. The first-order valence-corrected chi connectivity index (χ1v) is 7.74. The number of carboxylic acid groups (broad SMARTS) is 1. The summed E-state index contributed by atoms with van der Waals surface area (Å²) in [7, 11) is 5.68. The third-order valence-electron chi connectivity index (χ3n) is 2.92. The molecule has 1 aromatic carbocycles. The molecular formula is C17H27NO7. The smallest absolute Gasteiger partial charge is 0.303 e. The Kier molecular flexibility index (Phi) is 9.55. The largest absolute Gasteiger partial charge is 0.550 e. The molecule has 8 nitrogen and oxygen atoms in total. The second-order valence-electron chi connectivity index (χ2n) is 6.58. The highest BCUT2D eigenvalue weighted by molar-refractivity contribution is 5.68. The molecule has 0 amide bonds. The zero-order valence-corrected chi connectivity index (χ0v) is 15.1. The van der Waals surface area contributed by atoms with Crippen LogP contribution in [0, 0.1) is 0 Å². The van der Waals surface area contributed by atoms with E-state index in [1.807, 2.05) is 21.1 Å². The second-order valence-corrected chi connectivity index (χ2v) is 6.58. The summed E-state index contributed by atoms with van der Waals surface area (Å²) >= 11 is 0. The van der Waals surface area contributed by atoms with Gasteiger partial charge in [0.25, 0.3) is 0 Å². The third-order valence-corrected chi connectivity index (χ3v) is 2.92. The number of aromatic hydroxyl groups is 2. The van der Waals surface area contributed by atoms with Crippen molar-refractivity contribution in [3.8, 4) is 11.5 Å². The first-order valence-electron chi connectivity index (χ1n) is 7.74. The van der Waals surface area contributed by atoms with Gasteiger partial charge in [-0.25, -0.2) is 0 Å². The van der Waals surface area contributed by atoms with E-state index in [2.05, 4.69) is 0 Å². The lowest BCUT2D eigenvalue weighted by Crippen LogP contribution is -2.45. The van der Waals surface area contributed by atoms with Crippen LogP contribution in [-0.2, 0) is 20.7 Å². The molecule has 0 fully saturated rings. The number of hydrogen-bond donors (Lipinski definition) is 3. The molecule has 1 rings (SSSR count). The molecule has 3 N–H and O–H groups in total. The van der Waals surface area contributed by atoms with Crippen LogP contribution in [0.2, 0.25) is 0 Å². The van der Waals surface area contributed by atoms with E-state index in [0.29, 0.717) is 17.4 Å². The Bertz CT molecular complexity index is 551. The molecule has 0 aliphatic rings. The zero-order chi connectivity index (χ0) is 19.6. The number of aliphatic hydroxyl groups excluding tert-OH is 1. The molecule has 0 heterocycles. The molecule has 25 heavy (non-hydrogen) atoms. The molecule has 8 heteroatoms. The Hall–Kier alpha value is -2.32. The van der Waals surface area contributed by atoms with Crippen molar-refractivity contribution in [2.75, 3.05) is 34.3 Å². The molecule has 0 unspecified atom stereocenters. The predicted molar refractivity (Wildman–Crippen MR) is 88.6 cm³/mol. The van der Waals surface area contributed by atoms with Gasteiger partial charge >= 0.3 is 5.97 Å². The van der Waals surface area contributed by atoms with Crippen molar-refractivity contribution < 1.29 is 39.2 Å². The fourth-order valence-electron chi connectivity index (χ4n) is 2.03. The summed E-state index contributed by atoms with van der Waals surface area (Å²) in [4.78, 5) is 21.0. The standard InChI is InChI=1S/C9H17NO4.C8H10O3/c1-7(11)14-8(5-9(12)13)6-10(2,3)4;9-4-3-6-1-2-7(10)8(11)5-6/h8H,5-6H2,1-4H3;1-2,5,9-11H,3-4H2/t8-;/m1./s1. The highest BCUT2D eigenvalue weighted by Gasteiger charge is 2.20. The number of carbonyl (C=O) groups is 2. The van der Waals surface area contributed by atoms with Crippen LogP contribution >= 0.6 is 0 Å². The summed E-state index contributed by atoms with van der Waals surface area (Å²) in [6, 6.07) is 4.50. The maximum atomic E-state index is 10.7. The van der Waals surface area contributed by atoms with E-state index >= 15 is 0 Å². The Balaban J connectivity index is 0.000000472. The number of ether oxygens (including phenoxy) is 1. The summed E-state index contributed by atoms with van der Waals surface area (Å²) in [5.74, 6) is -1.95. The summed E-state index contributed by atoms with van der Waals surface area (Å²) in [5, 5.41) is 36.8. The molecule has 0 spiro atoms. The normalized spacial score (nSPS) is 11.9. The van der Waals surface area contributed by atoms with Gasteiger partial charge in [-0.3, -0.25) is 4.79 Å². The van der Waals surface area contributed by atoms with Crippen LogP contribution in [0.1, 0.15) is 18.9 Å². The molecule has 0 radical (unpaired) electrons. The number of esters is 1. The van der Waals surface area contributed by atoms with E-state index in [4.69, 9.17) is 20.1 Å². The number of hydrogen-bond acceptors (Lipinski definition) is 7. The van der Waals surface area contributed by atoms with Gasteiger partial charge in [-0.05, 0) is 24.1 Å². The van der Waals surface area contributed by atoms with Crippen LogP contribution in [0.5, 0.6) is 11.5 Å². The lowest BCUT2D eigenvalue weighted by Gasteiger charge is -2.28. The molecule has 0 aliphatic carbocycles. The van der Waals surface area contributed by atoms with E-state index in [1.54, 1.807) is 6.07 Å². The molecule has 0 bridgehead atoms. The minimum absolute atomic E-state index is 0.0458. The van der Waals surface area contributed by atoms with Crippen LogP contribution in [0.4, 0.5) is 0 Å². The Morgan fingerprint density at radius 2 is 1.80 bits per heavy atom. The molecule has 1 aromatic rings. The number of aliphatic carboxylic acids is 1. The van der Waals surface area contributed by atoms with Gasteiger partial charge in [0.1, 0.15) is 6.54 Å². The van der Waals surface area contributed by atoms with Crippen molar-refractivity contribution in [2.24, 2.45) is 0 Å². The number of nitrogens with zero attached hydrogens (tertiary/aromatic N) is 1. The lowest BCUT2D eigenvalue weighted by molar-refractivity contribution is -0.873. The minimum Gasteiger partial charge on any atom is -0.550 e. The lowest BCUT2D eigenvalue weighted by atomic mass is 10.1. The van der Waals surface area contributed by atoms with Crippen LogP contribution in [0.25, 0.3) is 0 Å². The summed E-state index contributed by atoms with van der Waals surface area (Å²) in [6.45, 7) is 1.76. The number of quaternary nitrogens is 1. The van der Waals surface area contributed by atoms with Crippen molar-refractivity contribution in [3.05, 3.63) is 23.8 Å². The van der Waals surface area contributed by atoms with E-state index in [9.17, 15) is 14.7 Å². The monoisotopic (exact) mass is 357 g/mol. The fourth-order valence-corrected chi connectivity index (χ4v) is 2.03. The number of likely N-dealkylation sites (N-methyl/N-ethyl adjacent to an activating group) is 1. The number of carbonyl (C=O) groups excluding carboxylic acids is 2. The number of phenols is 2. The van der Waals surface area contributed by atoms with Gasteiger partial charge in [-0.15, -0.1) is 0 Å².